The molecule has 19 heavy (non-hydrogen) atoms. The Morgan fingerprint density at radius 1 is 1.53 bits per heavy atom. The third-order valence-corrected chi connectivity index (χ3v) is 2.75. The van der Waals surface area contributed by atoms with Gasteiger partial charge in [-0.15, -0.1) is 0 Å². The van der Waals surface area contributed by atoms with Crippen molar-refractivity contribution in [1.29, 1.82) is 0 Å². The lowest BCUT2D eigenvalue weighted by Gasteiger charge is -2.01. The number of carbonyl (C=O) groups excluding carboxylic acids is 1. The zero-order chi connectivity index (χ0) is 13.7. The molecule has 0 saturated carbocycles. The summed E-state index contributed by atoms with van der Waals surface area (Å²) in [5.41, 5.74) is 1.05. The Hall–Kier alpha value is -2.14. The van der Waals surface area contributed by atoms with Crippen LogP contribution in [0.1, 0.15) is 11.1 Å². The quantitative estimate of drug-likeness (QED) is 0.845. The maximum Gasteiger partial charge on any atom is 0.244 e. The number of aromatic nitrogens is 2. The van der Waals surface area contributed by atoms with E-state index >= 15 is 0 Å². The molecule has 98 valence electrons. The fourth-order valence-electron chi connectivity index (χ4n) is 1.45. The van der Waals surface area contributed by atoms with E-state index in [1.165, 1.54) is 24.3 Å². The number of nitrogens with zero attached hydrogens (tertiary/aromatic N) is 1. The van der Waals surface area contributed by atoms with Crippen LogP contribution in [-0.2, 0) is 11.3 Å². The van der Waals surface area contributed by atoms with E-state index in [-0.39, 0.29) is 16.5 Å². The molecule has 0 fully saturated rings. The summed E-state index contributed by atoms with van der Waals surface area (Å²) in [6.45, 7) is 0.352. The van der Waals surface area contributed by atoms with E-state index in [2.05, 4.69) is 15.5 Å². The molecule has 6 heteroatoms. The molecule has 2 N–H and O–H groups in total. The van der Waals surface area contributed by atoms with Gasteiger partial charge in [0.05, 0.1) is 11.2 Å². The summed E-state index contributed by atoms with van der Waals surface area (Å²) in [6.07, 6.45) is 5.88. The Morgan fingerprint density at radius 2 is 2.37 bits per heavy atom. The molecule has 0 aliphatic rings. The number of amides is 1. The van der Waals surface area contributed by atoms with E-state index in [4.69, 9.17) is 11.6 Å². The first kappa shape index (κ1) is 13.3. The average Bonchev–Trinajstić information content (AvgIpc) is 2.89. The van der Waals surface area contributed by atoms with Gasteiger partial charge in [-0.2, -0.15) is 5.10 Å². The van der Waals surface area contributed by atoms with E-state index in [0.29, 0.717) is 6.54 Å². The highest BCUT2D eigenvalue weighted by molar-refractivity contribution is 6.32. The summed E-state index contributed by atoms with van der Waals surface area (Å²) < 4.78 is 13.4. The van der Waals surface area contributed by atoms with Crippen LogP contribution in [0.25, 0.3) is 6.08 Å². The van der Waals surface area contributed by atoms with Crippen LogP contribution < -0.4 is 5.32 Å². The molecule has 0 aliphatic carbocycles. The van der Waals surface area contributed by atoms with Crippen LogP contribution in [0.5, 0.6) is 0 Å². The Kier molecular flexibility index (Phi) is 4.30. The van der Waals surface area contributed by atoms with E-state index in [9.17, 15) is 9.18 Å². The lowest BCUT2D eigenvalue weighted by Crippen LogP contribution is -2.19. The van der Waals surface area contributed by atoms with Crippen LogP contribution >= 0.6 is 11.6 Å². The van der Waals surface area contributed by atoms with Crippen LogP contribution in [0.2, 0.25) is 5.02 Å². The van der Waals surface area contributed by atoms with Gasteiger partial charge in [0, 0.05) is 29.9 Å². The SMILES string of the molecule is O=C(/C=C/c1c(F)cccc1Cl)NCc1cn[nH]c1. The van der Waals surface area contributed by atoms with Crippen molar-refractivity contribution in [1.82, 2.24) is 15.5 Å². The van der Waals surface area contributed by atoms with Gasteiger partial charge in [0.25, 0.3) is 0 Å². The van der Waals surface area contributed by atoms with Gasteiger partial charge in [-0.3, -0.25) is 9.89 Å². The number of H-pyrrole nitrogens is 1. The predicted octanol–water partition coefficient (Wildman–Crippen LogP) is 2.53. The molecule has 0 aliphatic heterocycles. The molecule has 4 nitrogen and oxygen atoms in total. The van der Waals surface area contributed by atoms with E-state index in [1.807, 2.05) is 0 Å². The maximum atomic E-state index is 13.4. The van der Waals surface area contributed by atoms with Gasteiger partial charge in [0.2, 0.25) is 5.91 Å². The van der Waals surface area contributed by atoms with Gasteiger partial charge in [-0.05, 0) is 18.2 Å². The minimum Gasteiger partial charge on any atom is -0.348 e. The van der Waals surface area contributed by atoms with Gasteiger partial charge < -0.3 is 5.32 Å². The van der Waals surface area contributed by atoms with Crippen LogP contribution in [0.3, 0.4) is 0 Å². The zero-order valence-electron chi connectivity index (χ0n) is 9.86. The summed E-state index contributed by atoms with van der Waals surface area (Å²) in [6, 6.07) is 4.36. The number of hydrogen-bond acceptors (Lipinski definition) is 2. The summed E-state index contributed by atoms with van der Waals surface area (Å²) in [5.74, 6) is -0.799. The van der Waals surface area contributed by atoms with Crippen molar-refractivity contribution in [2.24, 2.45) is 0 Å². The third-order valence-electron chi connectivity index (χ3n) is 2.42. The minimum atomic E-state index is -0.466. The summed E-state index contributed by atoms with van der Waals surface area (Å²) in [4.78, 5) is 11.5. The van der Waals surface area contributed by atoms with Crippen molar-refractivity contribution in [3.05, 3.63) is 58.6 Å². The number of hydrogen-bond donors (Lipinski definition) is 2. The van der Waals surface area contributed by atoms with E-state index < -0.39 is 5.82 Å². The van der Waals surface area contributed by atoms with Gasteiger partial charge in [-0.1, -0.05) is 17.7 Å². The van der Waals surface area contributed by atoms with Crippen molar-refractivity contribution < 1.29 is 9.18 Å². The molecule has 1 heterocycles. The summed E-state index contributed by atoms with van der Waals surface area (Å²) in [5, 5.41) is 9.30. The normalized spacial score (nSPS) is 10.8. The van der Waals surface area contributed by atoms with Crippen LogP contribution in [0, 0.1) is 5.82 Å². The predicted molar refractivity (Wildman–Crippen MR) is 70.9 cm³/mol. The highest BCUT2D eigenvalue weighted by Gasteiger charge is 2.04. The lowest BCUT2D eigenvalue weighted by molar-refractivity contribution is -0.116. The fraction of sp³-hybridized carbons (Fsp3) is 0.0769. The molecule has 0 atom stereocenters. The monoisotopic (exact) mass is 279 g/mol. The first-order valence-corrected chi connectivity index (χ1v) is 5.92. The number of carbonyl (C=O) groups is 1. The largest absolute Gasteiger partial charge is 0.348 e. The molecule has 2 aromatic rings. The zero-order valence-corrected chi connectivity index (χ0v) is 10.6. The molecule has 0 radical (unpaired) electrons. The highest BCUT2D eigenvalue weighted by Crippen LogP contribution is 2.20. The fourth-order valence-corrected chi connectivity index (χ4v) is 1.68. The Morgan fingerprint density at radius 3 is 3.05 bits per heavy atom. The second-order valence-electron chi connectivity index (χ2n) is 3.79. The van der Waals surface area contributed by atoms with Crippen molar-refractivity contribution in [3.63, 3.8) is 0 Å². The van der Waals surface area contributed by atoms with Gasteiger partial charge in [0.15, 0.2) is 0 Å². The molecule has 1 aromatic heterocycles. The molecule has 1 aromatic carbocycles. The topological polar surface area (TPSA) is 57.8 Å². The maximum absolute atomic E-state index is 13.4. The molecule has 2 rings (SSSR count). The molecular formula is C13H11ClFN3O. The first-order valence-electron chi connectivity index (χ1n) is 5.54. The van der Waals surface area contributed by atoms with Gasteiger partial charge in [-0.25, -0.2) is 4.39 Å². The second-order valence-corrected chi connectivity index (χ2v) is 4.20. The number of rotatable bonds is 4. The third kappa shape index (κ3) is 3.66. The van der Waals surface area contributed by atoms with E-state index in [0.717, 1.165) is 5.56 Å². The van der Waals surface area contributed by atoms with Crippen molar-refractivity contribution in [2.45, 2.75) is 6.54 Å². The van der Waals surface area contributed by atoms with E-state index in [1.54, 1.807) is 18.5 Å². The Balaban J connectivity index is 1.96. The van der Waals surface area contributed by atoms with Crippen molar-refractivity contribution in [2.75, 3.05) is 0 Å². The molecule has 0 bridgehead atoms. The smallest absolute Gasteiger partial charge is 0.244 e. The number of benzene rings is 1. The number of halogens is 2. The van der Waals surface area contributed by atoms with Crippen LogP contribution in [0.4, 0.5) is 4.39 Å². The van der Waals surface area contributed by atoms with Gasteiger partial charge in [0.1, 0.15) is 5.82 Å². The Bertz CT molecular complexity index is 576. The first-order chi connectivity index (χ1) is 9.16. The van der Waals surface area contributed by atoms with Crippen LogP contribution in [0.15, 0.2) is 36.7 Å². The number of aromatic amines is 1. The molecule has 0 saturated heterocycles. The molecular weight excluding hydrogens is 269 g/mol. The lowest BCUT2D eigenvalue weighted by atomic mass is 10.2. The van der Waals surface area contributed by atoms with Crippen molar-refractivity contribution >= 4 is 23.6 Å². The minimum absolute atomic E-state index is 0.197. The standard InChI is InChI=1S/C13H11ClFN3O/c14-11-2-1-3-12(15)10(11)4-5-13(19)16-6-9-7-17-18-8-9/h1-5,7-8H,6H2,(H,16,19)(H,17,18)/b5-4+. The average molecular weight is 280 g/mol. The highest BCUT2D eigenvalue weighted by atomic mass is 35.5. The van der Waals surface area contributed by atoms with Crippen LogP contribution in [-0.4, -0.2) is 16.1 Å². The molecule has 1 amide bonds. The summed E-state index contributed by atoms with van der Waals surface area (Å²) >= 11 is 5.84. The Labute approximate surface area is 114 Å². The number of nitrogens with one attached hydrogen (secondary N) is 2. The summed E-state index contributed by atoms with van der Waals surface area (Å²) in [7, 11) is 0. The second kappa shape index (κ2) is 6.15. The molecule has 0 spiro atoms. The van der Waals surface area contributed by atoms with Crippen molar-refractivity contribution in [3.8, 4) is 0 Å². The molecule has 0 unspecified atom stereocenters. The van der Waals surface area contributed by atoms with Gasteiger partial charge >= 0.3 is 0 Å².